The van der Waals surface area contributed by atoms with Gasteiger partial charge in [0, 0.05) is 57.2 Å². The standard InChI is InChI=1S/C25H33N7O2/c1-18-17-34-15-13-31(18)23-16-20(21-7-10-27-30(21)2)19-6-9-26-25(24(19)29-23)22-8-11-28-32(22)12-4-3-5-14-33/h6,8-11,16,18,21,33H,3-5,7,12-15,17H2,1-2H3. The zero-order valence-electron chi connectivity index (χ0n) is 20.0. The van der Waals surface area contributed by atoms with Crippen molar-refractivity contribution in [3.05, 3.63) is 36.2 Å². The van der Waals surface area contributed by atoms with Gasteiger partial charge in [-0.25, -0.2) is 4.98 Å². The van der Waals surface area contributed by atoms with Crippen molar-refractivity contribution >= 4 is 22.9 Å². The summed E-state index contributed by atoms with van der Waals surface area (Å²) in [6.45, 7) is 5.40. The molecule has 0 aromatic carbocycles. The van der Waals surface area contributed by atoms with Gasteiger partial charge in [-0.1, -0.05) is 0 Å². The van der Waals surface area contributed by atoms with Crippen LogP contribution in [0.15, 0.2) is 35.7 Å². The van der Waals surface area contributed by atoms with E-state index < -0.39 is 0 Å². The van der Waals surface area contributed by atoms with Gasteiger partial charge in [-0.2, -0.15) is 10.2 Å². The summed E-state index contributed by atoms with van der Waals surface area (Å²) in [6, 6.07) is 6.74. The zero-order valence-corrected chi connectivity index (χ0v) is 20.0. The molecule has 34 heavy (non-hydrogen) atoms. The predicted octanol–water partition coefficient (Wildman–Crippen LogP) is 3.24. The molecule has 1 N–H and O–H groups in total. The summed E-state index contributed by atoms with van der Waals surface area (Å²) < 4.78 is 7.69. The number of morpholine rings is 1. The number of aryl methyl sites for hydroxylation is 1. The van der Waals surface area contributed by atoms with E-state index in [0.717, 1.165) is 66.9 Å². The maximum absolute atomic E-state index is 9.10. The molecule has 0 aliphatic carbocycles. The van der Waals surface area contributed by atoms with Crippen LogP contribution in [-0.2, 0) is 11.3 Å². The number of pyridine rings is 2. The van der Waals surface area contributed by atoms with Gasteiger partial charge in [0.15, 0.2) is 0 Å². The second-order valence-corrected chi connectivity index (χ2v) is 9.09. The van der Waals surface area contributed by atoms with Gasteiger partial charge < -0.3 is 14.7 Å². The van der Waals surface area contributed by atoms with Gasteiger partial charge >= 0.3 is 0 Å². The fraction of sp³-hybridized carbons (Fsp3) is 0.520. The number of aromatic nitrogens is 4. The molecule has 3 aromatic rings. The fourth-order valence-electron chi connectivity index (χ4n) is 4.94. The van der Waals surface area contributed by atoms with Crippen LogP contribution in [-0.4, -0.2) is 75.5 Å². The third kappa shape index (κ3) is 4.37. The van der Waals surface area contributed by atoms with E-state index in [4.69, 9.17) is 19.8 Å². The zero-order chi connectivity index (χ0) is 23.5. The molecule has 5 rings (SSSR count). The number of hydrazone groups is 1. The van der Waals surface area contributed by atoms with Crippen molar-refractivity contribution in [1.82, 2.24) is 24.8 Å². The van der Waals surface area contributed by atoms with E-state index >= 15 is 0 Å². The first kappa shape index (κ1) is 22.7. The minimum atomic E-state index is 0.166. The lowest BCUT2D eigenvalue weighted by atomic mass is 9.99. The average Bonchev–Trinajstić information content (AvgIpc) is 3.50. The van der Waals surface area contributed by atoms with Crippen LogP contribution in [0.3, 0.4) is 0 Å². The van der Waals surface area contributed by atoms with E-state index in [2.05, 4.69) is 34.2 Å². The van der Waals surface area contributed by atoms with Crippen LogP contribution < -0.4 is 4.90 Å². The highest BCUT2D eigenvalue weighted by atomic mass is 16.5. The molecule has 9 nitrogen and oxygen atoms in total. The van der Waals surface area contributed by atoms with Gasteiger partial charge in [0.25, 0.3) is 0 Å². The van der Waals surface area contributed by atoms with Crippen molar-refractivity contribution in [1.29, 1.82) is 0 Å². The highest BCUT2D eigenvalue weighted by Crippen LogP contribution is 2.37. The second-order valence-electron chi connectivity index (χ2n) is 9.09. The topological polar surface area (TPSA) is 91.9 Å². The van der Waals surface area contributed by atoms with Crippen LogP contribution in [0.4, 0.5) is 5.82 Å². The fourth-order valence-corrected chi connectivity index (χ4v) is 4.94. The van der Waals surface area contributed by atoms with Gasteiger partial charge in [-0.05, 0) is 49.9 Å². The Morgan fingerprint density at radius 2 is 2.09 bits per heavy atom. The summed E-state index contributed by atoms with van der Waals surface area (Å²) in [5.41, 5.74) is 3.93. The monoisotopic (exact) mass is 463 g/mol. The smallest absolute Gasteiger partial charge is 0.130 e. The van der Waals surface area contributed by atoms with Crippen molar-refractivity contribution in [3.63, 3.8) is 0 Å². The molecule has 180 valence electrons. The number of aliphatic hydroxyl groups is 1. The first-order valence-electron chi connectivity index (χ1n) is 12.2. The van der Waals surface area contributed by atoms with Crippen molar-refractivity contribution in [3.8, 4) is 11.4 Å². The second kappa shape index (κ2) is 10.1. The van der Waals surface area contributed by atoms with Crippen LogP contribution in [0.1, 0.15) is 44.2 Å². The SMILES string of the molecule is CC1COCCN1c1cc(C2CC=NN2C)c2ccnc(-c3ccnn3CCCCCO)c2n1. The number of fused-ring (bicyclic) bond motifs is 1. The molecule has 0 radical (unpaired) electrons. The van der Waals surface area contributed by atoms with Crippen LogP contribution in [0.25, 0.3) is 22.3 Å². The molecule has 9 heteroatoms. The Kier molecular flexibility index (Phi) is 6.73. The molecule has 2 unspecified atom stereocenters. The molecule has 0 spiro atoms. The summed E-state index contributed by atoms with van der Waals surface area (Å²) in [4.78, 5) is 12.3. The maximum Gasteiger partial charge on any atom is 0.130 e. The van der Waals surface area contributed by atoms with Crippen molar-refractivity contribution < 1.29 is 9.84 Å². The molecule has 2 aliphatic heterocycles. The van der Waals surface area contributed by atoms with E-state index in [1.54, 1.807) is 0 Å². The van der Waals surface area contributed by atoms with E-state index in [-0.39, 0.29) is 18.7 Å². The molecule has 2 atom stereocenters. The third-order valence-electron chi connectivity index (χ3n) is 6.80. The lowest BCUT2D eigenvalue weighted by Crippen LogP contribution is -2.44. The average molecular weight is 464 g/mol. The summed E-state index contributed by atoms with van der Waals surface area (Å²) >= 11 is 0. The summed E-state index contributed by atoms with van der Waals surface area (Å²) in [7, 11) is 2.03. The molecular formula is C25H33N7O2. The molecule has 0 amide bonds. The Hall–Kier alpha value is -3.04. The van der Waals surface area contributed by atoms with Crippen molar-refractivity contribution in [2.45, 2.75) is 51.2 Å². The first-order valence-corrected chi connectivity index (χ1v) is 12.2. The van der Waals surface area contributed by atoms with Crippen LogP contribution >= 0.6 is 0 Å². The molecule has 2 aliphatic rings. The number of ether oxygens (including phenoxy) is 1. The van der Waals surface area contributed by atoms with Crippen molar-refractivity contribution in [2.24, 2.45) is 5.10 Å². The Bertz CT molecular complexity index is 1160. The van der Waals surface area contributed by atoms with Crippen LogP contribution in [0.2, 0.25) is 0 Å². The molecule has 1 saturated heterocycles. The minimum Gasteiger partial charge on any atom is -0.396 e. The molecule has 5 heterocycles. The first-order chi connectivity index (χ1) is 16.7. The summed E-state index contributed by atoms with van der Waals surface area (Å²) in [5.74, 6) is 0.960. The number of hydrogen-bond donors (Lipinski definition) is 1. The molecule has 1 fully saturated rings. The number of anilines is 1. The molecule has 0 saturated carbocycles. The Morgan fingerprint density at radius 1 is 1.18 bits per heavy atom. The molecular weight excluding hydrogens is 430 g/mol. The Morgan fingerprint density at radius 3 is 2.88 bits per heavy atom. The van der Waals surface area contributed by atoms with E-state index in [1.807, 2.05) is 41.4 Å². The normalized spacial score (nSPS) is 20.6. The van der Waals surface area contributed by atoms with Gasteiger partial charge in [-0.3, -0.25) is 14.7 Å². The van der Waals surface area contributed by atoms with Gasteiger partial charge in [0.2, 0.25) is 0 Å². The number of aliphatic hydroxyl groups excluding tert-OH is 1. The Labute approximate surface area is 200 Å². The van der Waals surface area contributed by atoms with E-state index in [1.165, 1.54) is 5.56 Å². The van der Waals surface area contributed by atoms with Gasteiger partial charge in [-0.15, -0.1) is 0 Å². The largest absolute Gasteiger partial charge is 0.396 e. The Balaban J connectivity index is 1.62. The summed E-state index contributed by atoms with van der Waals surface area (Å²) in [5, 5.41) is 21.3. The van der Waals surface area contributed by atoms with Crippen LogP contribution in [0, 0.1) is 0 Å². The highest BCUT2D eigenvalue weighted by molar-refractivity contribution is 5.94. The molecule has 0 bridgehead atoms. The number of nitrogens with zero attached hydrogens (tertiary/aromatic N) is 7. The highest BCUT2D eigenvalue weighted by Gasteiger charge is 2.27. The van der Waals surface area contributed by atoms with Gasteiger partial charge in [0.1, 0.15) is 17.0 Å². The minimum absolute atomic E-state index is 0.166. The van der Waals surface area contributed by atoms with E-state index in [0.29, 0.717) is 13.2 Å². The quantitative estimate of drug-likeness (QED) is 0.513. The number of unbranched alkanes of at least 4 members (excludes halogenated alkanes) is 2. The lowest BCUT2D eigenvalue weighted by molar-refractivity contribution is 0.0985. The maximum atomic E-state index is 9.10. The van der Waals surface area contributed by atoms with Crippen molar-refractivity contribution in [2.75, 3.05) is 38.3 Å². The number of hydrogen-bond acceptors (Lipinski definition) is 8. The molecule has 3 aromatic heterocycles. The van der Waals surface area contributed by atoms with Crippen LogP contribution in [0.5, 0.6) is 0 Å². The van der Waals surface area contributed by atoms with Gasteiger partial charge in [0.05, 0.1) is 31.0 Å². The lowest BCUT2D eigenvalue weighted by Gasteiger charge is -2.35. The number of rotatable bonds is 8. The predicted molar refractivity (Wildman–Crippen MR) is 133 cm³/mol. The van der Waals surface area contributed by atoms with E-state index in [9.17, 15) is 0 Å². The third-order valence-corrected chi connectivity index (χ3v) is 6.80. The summed E-state index contributed by atoms with van der Waals surface area (Å²) in [6.07, 6.45) is 9.29.